The van der Waals surface area contributed by atoms with Gasteiger partial charge < -0.3 is 11.1 Å². The van der Waals surface area contributed by atoms with Gasteiger partial charge in [-0.15, -0.1) is 0 Å². The van der Waals surface area contributed by atoms with Gasteiger partial charge in [0.15, 0.2) is 0 Å². The van der Waals surface area contributed by atoms with Gasteiger partial charge in [0.2, 0.25) is 11.7 Å². The van der Waals surface area contributed by atoms with Gasteiger partial charge in [0.05, 0.1) is 11.3 Å². The van der Waals surface area contributed by atoms with Gasteiger partial charge in [-0.25, -0.2) is 4.98 Å². The van der Waals surface area contributed by atoms with Crippen LogP contribution in [0.2, 0.25) is 0 Å². The molecular weight excluding hydrogens is 272 g/mol. The Hall–Kier alpha value is -2.96. The van der Waals surface area contributed by atoms with Crippen molar-refractivity contribution in [3.8, 4) is 0 Å². The van der Waals surface area contributed by atoms with Gasteiger partial charge in [0.25, 0.3) is 0 Å². The molecule has 0 spiro atoms. The monoisotopic (exact) mass is 286 g/mol. The van der Waals surface area contributed by atoms with Gasteiger partial charge in [0, 0.05) is 6.07 Å². The van der Waals surface area contributed by atoms with Crippen molar-refractivity contribution in [3.63, 3.8) is 0 Å². The zero-order valence-corrected chi connectivity index (χ0v) is 11.4. The molecule has 0 unspecified atom stereocenters. The minimum absolute atomic E-state index is 0.190. The van der Waals surface area contributed by atoms with E-state index in [-0.39, 0.29) is 29.7 Å². The summed E-state index contributed by atoms with van der Waals surface area (Å²) in [7, 11) is 0. The summed E-state index contributed by atoms with van der Waals surface area (Å²) in [5.41, 5.74) is 7.16. The van der Waals surface area contributed by atoms with E-state index in [9.17, 15) is 14.9 Å². The zero-order chi connectivity index (χ0) is 15.4. The highest BCUT2D eigenvalue weighted by Crippen LogP contribution is 2.20. The number of carbonyl (C=O) groups is 1. The fourth-order valence-electron chi connectivity index (χ4n) is 1.77. The van der Waals surface area contributed by atoms with E-state index >= 15 is 0 Å². The predicted octanol–water partition coefficient (Wildman–Crippen LogP) is 2.06. The Balaban J connectivity index is 2.04. The van der Waals surface area contributed by atoms with E-state index in [4.69, 9.17) is 5.73 Å². The van der Waals surface area contributed by atoms with E-state index in [1.807, 2.05) is 31.2 Å². The van der Waals surface area contributed by atoms with E-state index in [2.05, 4.69) is 10.3 Å². The Kier molecular flexibility index (Phi) is 4.13. The highest BCUT2D eigenvalue weighted by molar-refractivity contribution is 5.91. The molecule has 0 atom stereocenters. The van der Waals surface area contributed by atoms with E-state index < -0.39 is 4.92 Å². The lowest BCUT2D eigenvalue weighted by molar-refractivity contribution is -0.384. The topological polar surface area (TPSA) is 111 Å². The smallest absolute Gasteiger partial charge is 0.311 e. The molecule has 7 heteroatoms. The number of amides is 1. The van der Waals surface area contributed by atoms with Crippen LogP contribution in [0.3, 0.4) is 0 Å². The Morgan fingerprint density at radius 2 is 1.95 bits per heavy atom. The number of carbonyl (C=O) groups excluding carboxylic acids is 1. The number of nitrogens with zero attached hydrogens (tertiary/aromatic N) is 2. The maximum atomic E-state index is 11.9. The van der Waals surface area contributed by atoms with Crippen molar-refractivity contribution in [3.05, 3.63) is 57.6 Å². The van der Waals surface area contributed by atoms with Crippen LogP contribution in [0.1, 0.15) is 11.1 Å². The first-order chi connectivity index (χ1) is 9.95. The standard InChI is InChI=1S/C14H14N4O3/c1-9-2-4-10(5-3-9)8-13(19)16-12-7-6-11(18(20)21)14(15)17-12/h2-7H,8H2,1H3,(H3,15,16,17,19). The average Bonchev–Trinajstić information content (AvgIpc) is 2.41. The number of hydrogen-bond acceptors (Lipinski definition) is 5. The van der Waals surface area contributed by atoms with Crippen molar-refractivity contribution in [2.45, 2.75) is 13.3 Å². The minimum Gasteiger partial charge on any atom is -0.378 e. The van der Waals surface area contributed by atoms with Gasteiger partial charge in [0.1, 0.15) is 5.82 Å². The molecule has 21 heavy (non-hydrogen) atoms. The van der Waals surface area contributed by atoms with E-state index in [1.165, 1.54) is 12.1 Å². The number of nitrogen functional groups attached to an aromatic ring is 1. The second-order valence-corrected chi connectivity index (χ2v) is 4.57. The van der Waals surface area contributed by atoms with Gasteiger partial charge in [-0.1, -0.05) is 29.8 Å². The second-order valence-electron chi connectivity index (χ2n) is 4.57. The maximum Gasteiger partial charge on any atom is 0.311 e. The van der Waals surface area contributed by atoms with E-state index in [1.54, 1.807) is 0 Å². The fraction of sp³-hybridized carbons (Fsp3) is 0.143. The highest BCUT2D eigenvalue weighted by Gasteiger charge is 2.14. The number of pyridine rings is 1. The fourth-order valence-corrected chi connectivity index (χ4v) is 1.77. The summed E-state index contributed by atoms with van der Waals surface area (Å²) in [6.45, 7) is 1.97. The molecule has 1 heterocycles. The molecule has 0 bridgehead atoms. The van der Waals surface area contributed by atoms with Crippen molar-refractivity contribution in [1.29, 1.82) is 0 Å². The second kappa shape index (κ2) is 6.00. The van der Waals surface area contributed by atoms with Gasteiger partial charge in [-0.2, -0.15) is 0 Å². The molecular formula is C14H14N4O3. The van der Waals surface area contributed by atoms with Crippen molar-refractivity contribution >= 4 is 23.2 Å². The summed E-state index contributed by atoms with van der Waals surface area (Å²) in [6.07, 6.45) is 0.193. The van der Waals surface area contributed by atoms with Crippen molar-refractivity contribution in [1.82, 2.24) is 4.98 Å². The number of hydrogen-bond donors (Lipinski definition) is 2. The summed E-state index contributed by atoms with van der Waals surface area (Å²) in [6, 6.07) is 10.1. The molecule has 1 aromatic heterocycles. The Morgan fingerprint density at radius 1 is 1.29 bits per heavy atom. The first-order valence-electron chi connectivity index (χ1n) is 6.22. The number of nitrogens with two attached hydrogens (primary N) is 1. The van der Waals surface area contributed by atoms with Crippen LogP contribution in [0.4, 0.5) is 17.3 Å². The Morgan fingerprint density at radius 3 is 2.52 bits per heavy atom. The molecule has 3 N–H and O–H groups in total. The molecule has 0 aliphatic rings. The first kappa shape index (κ1) is 14.4. The van der Waals surface area contributed by atoms with Crippen LogP contribution in [-0.2, 0) is 11.2 Å². The highest BCUT2D eigenvalue weighted by atomic mass is 16.6. The molecule has 2 rings (SSSR count). The number of anilines is 2. The van der Waals surface area contributed by atoms with Gasteiger partial charge >= 0.3 is 5.69 Å². The van der Waals surface area contributed by atoms with Crippen LogP contribution in [0.5, 0.6) is 0 Å². The number of rotatable bonds is 4. The number of nitro groups is 1. The Labute approximate surface area is 121 Å². The molecule has 0 saturated carbocycles. The summed E-state index contributed by atoms with van der Waals surface area (Å²) in [5, 5.41) is 13.2. The summed E-state index contributed by atoms with van der Waals surface area (Å²) < 4.78 is 0. The first-order valence-corrected chi connectivity index (χ1v) is 6.22. The predicted molar refractivity (Wildman–Crippen MR) is 78.8 cm³/mol. The molecule has 2 aromatic rings. The minimum atomic E-state index is -0.625. The number of aromatic nitrogens is 1. The normalized spacial score (nSPS) is 10.1. The maximum absolute atomic E-state index is 11.9. The summed E-state index contributed by atoms with van der Waals surface area (Å²) in [5.74, 6) is -0.303. The van der Waals surface area contributed by atoms with Gasteiger partial charge in [-0.3, -0.25) is 14.9 Å². The molecule has 1 amide bonds. The molecule has 0 aliphatic carbocycles. The SMILES string of the molecule is Cc1ccc(CC(=O)Nc2ccc([N+](=O)[O-])c(N)n2)cc1. The van der Waals surface area contributed by atoms with Crippen LogP contribution in [0, 0.1) is 17.0 Å². The lowest BCUT2D eigenvalue weighted by Gasteiger charge is -2.05. The van der Waals surface area contributed by atoms with Crippen LogP contribution < -0.4 is 11.1 Å². The number of nitrogens with one attached hydrogen (secondary N) is 1. The van der Waals surface area contributed by atoms with Crippen LogP contribution in [0.25, 0.3) is 0 Å². The van der Waals surface area contributed by atoms with E-state index in [0.29, 0.717) is 0 Å². The van der Waals surface area contributed by atoms with Crippen molar-refractivity contribution in [2.75, 3.05) is 11.1 Å². The van der Waals surface area contributed by atoms with Crippen molar-refractivity contribution < 1.29 is 9.72 Å². The largest absolute Gasteiger partial charge is 0.378 e. The zero-order valence-electron chi connectivity index (χ0n) is 11.4. The summed E-state index contributed by atoms with van der Waals surface area (Å²) in [4.78, 5) is 25.7. The quantitative estimate of drug-likeness (QED) is 0.660. The average molecular weight is 286 g/mol. The summed E-state index contributed by atoms with van der Waals surface area (Å²) >= 11 is 0. The third kappa shape index (κ3) is 3.75. The molecule has 0 aliphatic heterocycles. The van der Waals surface area contributed by atoms with Crippen LogP contribution in [-0.4, -0.2) is 15.8 Å². The molecule has 108 valence electrons. The lowest BCUT2D eigenvalue weighted by atomic mass is 10.1. The third-order valence-electron chi connectivity index (χ3n) is 2.85. The lowest BCUT2D eigenvalue weighted by Crippen LogP contribution is -2.15. The molecule has 0 saturated heterocycles. The van der Waals surface area contributed by atoms with E-state index in [0.717, 1.165) is 11.1 Å². The molecule has 0 radical (unpaired) electrons. The number of aryl methyl sites for hydroxylation is 1. The molecule has 0 fully saturated rings. The van der Waals surface area contributed by atoms with Crippen LogP contribution >= 0.6 is 0 Å². The van der Waals surface area contributed by atoms with Crippen LogP contribution in [0.15, 0.2) is 36.4 Å². The molecule has 7 nitrogen and oxygen atoms in total. The number of benzene rings is 1. The Bertz CT molecular complexity index is 683. The van der Waals surface area contributed by atoms with Gasteiger partial charge in [-0.05, 0) is 18.6 Å². The third-order valence-corrected chi connectivity index (χ3v) is 2.85. The molecule has 1 aromatic carbocycles. The van der Waals surface area contributed by atoms with Crippen molar-refractivity contribution in [2.24, 2.45) is 0 Å².